The number of fused-ring (bicyclic) bond motifs is 1. The van der Waals surface area contributed by atoms with Gasteiger partial charge in [0.05, 0.1) is 6.20 Å². The van der Waals surface area contributed by atoms with Crippen molar-refractivity contribution < 1.29 is 4.74 Å². The topological polar surface area (TPSA) is 102 Å². The number of hydrogen-bond acceptors (Lipinski definition) is 6. The van der Waals surface area contributed by atoms with Gasteiger partial charge in [-0.3, -0.25) is 10.5 Å². The predicted octanol–water partition coefficient (Wildman–Crippen LogP) is 1.74. The number of anilines is 1. The van der Waals surface area contributed by atoms with Gasteiger partial charge in [-0.2, -0.15) is 15.1 Å². The van der Waals surface area contributed by atoms with E-state index in [-0.39, 0.29) is 6.10 Å². The van der Waals surface area contributed by atoms with Gasteiger partial charge in [0.2, 0.25) is 11.8 Å². The van der Waals surface area contributed by atoms with E-state index in [4.69, 9.17) is 10.6 Å². The van der Waals surface area contributed by atoms with Gasteiger partial charge in [0.15, 0.2) is 5.65 Å². The van der Waals surface area contributed by atoms with E-state index >= 15 is 0 Å². The van der Waals surface area contributed by atoms with Crippen molar-refractivity contribution in [2.75, 3.05) is 5.43 Å². The Bertz CT molecular complexity index is 546. The molecule has 4 N–H and O–H groups in total. The van der Waals surface area contributed by atoms with Crippen LogP contribution in [0.5, 0.6) is 5.88 Å². The fourth-order valence-electron chi connectivity index (χ4n) is 2.48. The number of nitrogens with zero attached hydrogens (tertiary/aromatic N) is 3. The highest BCUT2D eigenvalue weighted by Gasteiger charge is 2.17. The summed E-state index contributed by atoms with van der Waals surface area (Å²) in [6.07, 6.45) is 9.07. The molecule has 0 aliphatic heterocycles. The Kier molecular flexibility index (Phi) is 3.45. The molecule has 102 valence electrons. The molecule has 7 nitrogen and oxygen atoms in total. The molecule has 1 aliphatic rings. The molecule has 1 aliphatic carbocycles. The number of nitrogens with two attached hydrogens (primary N) is 1. The van der Waals surface area contributed by atoms with Crippen LogP contribution in [0.15, 0.2) is 6.20 Å². The zero-order valence-corrected chi connectivity index (χ0v) is 10.7. The molecule has 0 atom stereocenters. The average molecular weight is 262 g/mol. The van der Waals surface area contributed by atoms with Crippen LogP contribution in [0, 0.1) is 0 Å². The Hall–Kier alpha value is -1.89. The van der Waals surface area contributed by atoms with Crippen molar-refractivity contribution >= 4 is 17.0 Å². The summed E-state index contributed by atoms with van der Waals surface area (Å²) in [4.78, 5) is 8.47. The lowest BCUT2D eigenvalue weighted by Crippen LogP contribution is -2.17. The van der Waals surface area contributed by atoms with E-state index in [0.717, 1.165) is 18.2 Å². The van der Waals surface area contributed by atoms with Gasteiger partial charge in [0.25, 0.3) is 0 Å². The Morgan fingerprint density at radius 2 is 2.00 bits per heavy atom. The summed E-state index contributed by atoms with van der Waals surface area (Å²) in [6.45, 7) is 0. The SMILES string of the molecule is NNc1nc(OC2CCCCCC2)c2cn[nH]c2n1. The van der Waals surface area contributed by atoms with Crippen molar-refractivity contribution in [1.82, 2.24) is 20.2 Å². The first-order valence-electron chi connectivity index (χ1n) is 6.71. The summed E-state index contributed by atoms with van der Waals surface area (Å²) in [6, 6.07) is 0. The third-order valence-electron chi connectivity index (χ3n) is 3.48. The molecule has 2 heterocycles. The summed E-state index contributed by atoms with van der Waals surface area (Å²) in [5, 5.41) is 7.58. The molecule has 2 aromatic heterocycles. The Labute approximate surface area is 110 Å². The van der Waals surface area contributed by atoms with E-state index < -0.39 is 0 Å². The number of hydrazine groups is 1. The summed E-state index contributed by atoms with van der Waals surface area (Å²) < 4.78 is 6.04. The van der Waals surface area contributed by atoms with Crippen LogP contribution >= 0.6 is 0 Å². The van der Waals surface area contributed by atoms with E-state index in [1.807, 2.05) is 0 Å². The molecule has 19 heavy (non-hydrogen) atoms. The van der Waals surface area contributed by atoms with E-state index in [1.165, 1.54) is 25.7 Å². The highest BCUT2D eigenvalue weighted by molar-refractivity contribution is 5.80. The number of rotatable bonds is 3. The predicted molar refractivity (Wildman–Crippen MR) is 71.6 cm³/mol. The zero-order valence-electron chi connectivity index (χ0n) is 10.7. The number of aromatic nitrogens is 4. The molecule has 2 aromatic rings. The number of ether oxygens (including phenoxy) is 1. The monoisotopic (exact) mass is 262 g/mol. The van der Waals surface area contributed by atoms with E-state index in [1.54, 1.807) is 6.20 Å². The molecule has 7 heteroatoms. The molecular formula is C12H18N6O. The van der Waals surface area contributed by atoms with Gasteiger partial charge in [-0.25, -0.2) is 5.84 Å². The molecule has 0 radical (unpaired) electrons. The Morgan fingerprint density at radius 3 is 2.74 bits per heavy atom. The first-order chi connectivity index (χ1) is 9.36. The molecule has 3 rings (SSSR count). The van der Waals surface area contributed by atoms with Crippen LogP contribution in [0.25, 0.3) is 11.0 Å². The smallest absolute Gasteiger partial charge is 0.242 e. The van der Waals surface area contributed by atoms with Gasteiger partial charge >= 0.3 is 0 Å². The zero-order chi connectivity index (χ0) is 13.1. The van der Waals surface area contributed by atoms with E-state index in [0.29, 0.717) is 17.5 Å². The lowest BCUT2D eigenvalue weighted by molar-refractivity contribution is 0.179. The lowest BCUT2D eigenvalue weighted by atomic mass is 10.1. The van der Waals surface area contributed by atoms with E-state index in [2.05, 4.69) is 25.6 Å². The maximum atomic E-state index is 6.04. The van der Waals surface area contributed by atoms with Crippen LogP contribution in [0.3, 0.4) is 0 Å². The average Bonchev–Trinajstić information content (AvgIpc) is 2.76. The van der Waals surface area contributed by atoms with Crippen molar-refractivity contribution in [3.8, 4) is 5.88 Å². The third kappa shape index (κ3) is 2.60. The molecule has 0 aromatic carbocycles. The minimum absolute atomic E-state index is 0.223. The lowest BCUT2D eigenvalue weighted by Gasteiger charge is -2.16. The van der Waals surface area contributed by atoms with Gasteiger partial charge in [-0.1, -0.05) is 12.8 Å². The highest BCUT2D eigenvalue weighted by Crippen LogP contribution is 2.27. The minimum Gasteiger partial charge on any atom is -0.474 e. The van der Waals surface area contributed by atoms with Crippen molar-refractivity contribution in [2.24, 2.45) is 5.84 Å². The fourth-order valence-corrected chi connectivity index (χ4v) is 2.48. The molecule has 1 fully saturated rings. The standard InChI is InChI=1S/C12H18N6O/c13-17-12-15-10-9(7-14-18-10)11(16-12)19-8-5-3-1-2-4-6-8/h7-8H,1-6,13H2,(H2,14,15,16,17,18). The van der Waals surface area contributed by atoms with Crippen LogP contribution in [0.4, 0.5) is 5.95 Å². The number of hydrogen-bond donors (Lipinski definition) is 3. The van der Waals surface area contributed by atoms with Crippen molar-refractivity contribution in [2.45, 2.75) is 44.6 Å². The van der Waals surface area contributed by atoms with E-state index in [9.17, 15) is 0 Å². The summed E-state index contributed by atoms with van der Waals surface area (Å²) in [5.74, 6) is 6.26. The number of aromatic amines is 1. The van der Waals surface area contributed by atoms with Gasteiger partial charge in [-0.15, -0.1) is 0 Å². The van der Waals surface area contributed by atoms with Gasteiger partial charge < -0.3 is 4.74 Å². The number of H-pyrrole nitrogens is 1. The van der Waals surface area contributed by atoms with Crippen molar-refractivity contribution in [1.29, 1.82) is 0 Å². The maximum absolute atomic E-state index is 6.04. The molecule has 0 unspecified atom stereocenters. The largest absolute Gasteiger partial charge is 0.474 e. The first-order valence-corrected chi connectivity index (χ1v) is 6.71. The summed E-state index contributed by atoms with van der Waals surface area (Å²) in [5.41, 5.74) is 3.08. The second kappa shape index (κ2) is 5.40. The second-order valence-electron chi connectivity index (χ2n) is 4.86. The van der Waals surface area contributed by atoms with Gasteiger partial charge in [0, 0.05) is 0 Å². The highest BCUT2D eigenvalue weighted by atomic mass is 16.5. The molecule has 0 bridgehead atoms. The Balaban J connectivity index is 1.87. The van der Waals surface area contributed by atoms with Crippen LogP contribution in [-0.4, -0.2) is 26.3 Å². The minimum atomic E-state index is 0.223. The van der Waals surface area contributed by atoms with Crippen LogP contribution in [0.2, 0.25) is 0 Å². The van der Waals surface area contributed by atoms with Crippen molar-refractivity contribution in [3.63, 3.8) is 0 Å². The molecule has 0 spiro atoms. The molecule has 0 saturated heterocycles. The quantitative estimate of drug-likeness (QED) is 0.442. The normalized spacial score (nSPS) is 17.3. The van der Waals surface area contributed by atoms with Crippen LogP contribution in [0.1, 0.15) is 38.5 Å². The van der Waals surface area contributed by atoms with Gasteiger partial charge in [-0.05, 0) is 25.7 Å². The van der Waals surface area contributed by atoms with Crippen LogP contribution < -0.4 is 16.0 Å². The molecule has 1 saturated carbocycles. The fraction of sp³-hybridized carbons (Fsp3) is 0.583. The van der Waals surface area contributed by atoms with Crippen molar-refractivity contribution in [3.05, 3.63) is 6.20 Å². The summed E-state index contributed by atoms with van der Waals surface area (Å²) in [7, 11) is 0. The summed E-state index contributed by atoms with van der Waals surface area (Å²) >= 11 is 0. The number of nitrogens with one attached hydrogen (secondary N) is 2. The first kappa shape index (κ1) is 12.2. The Morgan fingerprint density at radius 1 is 1.21 bits per heavy atom. The van der Waals surface area contributed by atoms with Gasteiger partial charge in [0.1, 0.15) is 11.5 Å². The molecule has 0 amide bonds. The molecular weight excluding hydrogens is 244 g/mol. The third-order valence-corrected chi connectivity index (χ3v) is 3.48. The number of nitrogen functional groups attached to an aromatic ring is 1. The maximum Gasteiger partial charge on any atom is 0.242 e. The van der Waals surface area contributed by atoms with Crippen LogP contribution in [-0.2, 0) is 0 Å². The second-order valence-corrected chi connectivity index (χ2v) is 4.86.